The molecular formula is C32H34N6O2. The summed E-state index contributed by atoms with van der Waals surface area (Å²) in [6.07, 6.45) is 0.957. The van der Waals surface area contributed by atoms with Crippen LogP contribution in [-0.2, 0) is 11.3 Å². The van der Waals surface area contributed by atoms with Crippen LogP contribution in [0.2, 0.25) is 0 Å². The second-order valence-corrected chi connectivity index (χ2v) is 11.0. The van der Waals surface area contributed by atoms with Crippen molar-refractivity contribution in [2.75, 3.05) is 45.8 Å². The maximum Gasteiger partial charge on any atom is 0.327 e. The number of hydrogen-bond donors (Lipinski definition) is 1. The number of aromatic nitrogens is 2. The number of imidazole rings is 1. The first kappa shape index (κ1) is 26.1. The molecule has 2 atom stereocenters. The van der Waals surface area contributed by atoms with Gasteiger partial charge in [-0.3, -0.25) is 14.3 Å². The first-order chi connectivity index (χ1) is 19.6. The van der Waals surface area contributed by atoms with Crippen LogP contribution in [0.15, 0.2) is 83.7 Å². The maximum absolute atomic E-state index is 14.1. The molecule has 40 heavy (non-hydrogen) atoms. The molecule has 2 aliphatic heterocycles. The van der Waals surface area contributed by atoms with Crippen LogP contribution in [0.4, 0.5) is 0 Å². The number of hydrogen-bond acceptors (Lipinski definition) is 5. The number of rotatable bonds is 7. The van der Waals surface area contributed by atoms with Crippen LogP contribution < -0.4 is 5.69 Å². The first-order valence-corrected chi connectivity index (χ1v) is 14.1. The van der Waals surface area contributed by atoms with E-state index in [9.17, 15) is 14.9 Å². The molecule has 204 valence electrons. The van der Waals surface area contributed by atoms with Gasteiger partial charge in [0, 0.05) is 52.4 Å². The van der Waals surface area contributed by atoms with Gasteiger partial charge in [0.25, 0.3) is 0 Å². The molecule has 2 saturated heterocycles. The largest absolute Gasteiger partial charge is 0.340 e. The molecule has 2 aliphatic rings. The minimum absolute atomic E-state index is 0.0771. The number of carbonyl (C=O) groups is 1. The second kappa shape index (κ2) is 11.5. The van der Waals surface area contributed by atoms with E-state index in [1.807, 2.05) is 35.2 Å². The number of benzene rings is 3. The van der Waals surface area contributed by atoms with Crippen LogP contribution in [0.3, 0.4) is 0 Å². The van der Waals surface area contributed by atoms with E-state index in [0.29, 0.717) is 35.6 Å². The fourth-order valence-electron chi connectivity index (χ4n) is 6.18. The normalized spacial score (nSPS) is 19.1. The highest BCUT2D eigenvalue weighted by molar-refractivity contribution is 5.87. The molecule has 3 aromatic carbocycles. The number of piperazine rings is 1. The zero-order valence-electron chi connectivity index (χ0n) is 22.6. The zero-order chi connectivity index (χ0) is 27.5. The Morgan fingerprint density at radius 3 is 2.35 bits per heavy atom. The molecule has 2 fully saturated rings. The van der Waals surface area contributed by atoms with E-state index in [1.54, 1.807) is 18.2 Å². The van der Waals surface area contributed by atoms with Crippen LogP contribution in [-0.4, -0.2) is 76.0 Å². The molecule has 3 heterocycles. The first-order valence-electron chi connectivity index (χ1n) is 14.1. The third-order valence-corrected chi connectivity index (χ3v) is 8.28. The summed E-state index contributed by atoms with van der Waals surface area (Å²) in [6, 6.07) is 26.5. The SMILES string of the molecule is N#Cc1ccc2[nH]c(=O)n(C(C(=O)N3CCC(CN4CCN(Cc5ccccc5)CC4)C3)c3ccccc3)c2c1. The Labute approximate surface area is 234 Å². The van der Waals surface area contributed by atoms with E-state index in [0.717, 1.165) is 51.3 Å². The third-order valence-electron chi connectivity index (χ3n) is 8.28. The highest BCUT2D eigenvalue weighted by Crippen LogP contribution is 2.28. The minimum atomic E-state index is -0.795. The molecule has 4 aromatic rings. The van der Waals surface area contributed by atoms with Gasteiger partial charge in [-0.15, -0.1) is 0 Å². The molecule has 1 amide bonds. The lowest BCUT2D eigenvalue weighted by Gasteiger charge is -2.36. The van der Waals surface area contributed by atoms with Crippen molar-refractivity contribution in [3.63, 3.8) is 0 Å². The minimum Gasteiger partial charge on any atom is -0.340 e. The molecule has 8 heteroatoms. The van der Waals surface area contributed by atoms with Crippen molar-refractivity contribution in [2.24, 2.45) is 5.92 Å². The van der Waals surface area contributed by atoms with Crippen molar-refractivity contribution in [3.8, 4) is 6.07 Å². The van der Waals surface area contributed by atoms with Gasteiger partial charge >= 0.3 is 5.69 Å². The smallest absolute Gasteiger partial charge is 0.327 e. The number of H-pyrrole nitrogens is 1. The number of amides is 1. The summed E-state index contributed by atoms with van der Waals surface area (Å²) in [5.74, 6) is 0.331. The lowest BCUT2D eigenvalue weighted by atomic mass is 10.0. The molecule has 1 aromatic heterocycles. The van der Waals surface area contributed by atoms with Crippen LogP contribution in [0.1, 0.15) is 29.2 Å². The average Bonchev–Trinajstić information content (AvgIpc) is 3.59. The summed E-state index contributed by atoms with van der Waals surface area (Å²) in [7, 11) is 0. The predicted octanol–water partition coefficient (Wildman–Crippen LogP) is 3.46. The molecule has 0 spiro atoms. The van der Waals surface area contributed by atoms with E-state index in [2.05, 4.69) is 51.2 Å². The number of aromatic amines is 1. The van der Waals surface area contributed by atoms with Gasteiger partial charge in [-0.25, -0.2) is 4.79 Å². The van der Waals surface area contributed by atoms with Crippen molar-refractivity contribution in [1.29, 1.82) is 5.26 Å². The third kappa shape index (κ3) is 5.44. The second-order valence-electron chi connectivity index (χ2n) is 11.0. The summed E-state index contributed by atoms with van der Waals surface area (Å²) < 4.78 is 1.52. The van der Waals surface area contributed by atoms with Gasteiger partial charge in [0.05, 0.1) is 22.7 Å². The maximum atomic E-state index is 14.1. The molecule has 8 nitrogen and oxygen atoms in total. The van der Waals surface area contributed by atoms with Gasteiger partial charge in [-0.2, -0.15) is 5.26 Å². The molecule has 0 saturated carbocycles. The fourth-order valence-corrected chi connectivity index (χ4v) is 6.18. The van der Waals surface area contributed by atoms with Crippen LogP contribution >= 0.6 is 0 Å². The Morgan fingerprint density at radius 1 is 0.925 bits per heavy atom. The van der Waals surface area contributed by atoms with Gasteiger partial charge < -0.3 is 14.8 Å². The fraction of sp³-hybridized carbons (Fsp3) is 0.344. The van der Waals surface area contributed by atoms with Gasteiger partial charge in [-0.05, 0) is 41.7 Å². The highest BCUT2D eigenvalue weighted by Gasteiger charge is 2.35. The Hall–Kier alpha value is -4.19. The molecule has 1 N–H and O–H groups in total. The molecular weight excluding hydrogens is 500 g/mol. The Balaban J connectivity index is 1.15. The van der Waals surface area contributed by atoms with Gasteiger partial charge in [0.2, 0.25) is 5.91 Å². The van der Waals surface area contributed by atoms with Crippen LogP contribution in [0, 0.1) is 17.2 Å². The number of nitrogens with zero attached hydrogens (tertiary/aromatic N) is 5. The molecule has 0 aliphatic carbocycles. The average molecular weight is 535 g/mol. The van der Waals surface area contributed by atoms with Crippen molar-refractivity contribution in [1.82, 2.24) is 24.3 Å². The van der Waals surface area contributed by atoms with Crippen molar-refractivity contribution >= 4 is 16.9 Å². The standard InChI is InChI=1S/C32H34N6O2/c33-20-25-11-12-28-29(19-25)38(32(40)34-28)30(27-9-5-2-6-10-27)31(39)37-14-13-26(23-37)22-36-17-15-35(16-18-36)21-24-7-3-1-4-8-24/h1-12,19,26,30H,13-18,21-23H2,(H,34,40). The van der Waals surface area contributed by atoms with Crippen LogP contribution in [0.25, 0.3) is 11.0 Å². The Morgan fingerprint density at radius 2 is 1.62 bits per heavy atom. The van der Waals surface area contributed by atoms with Gasteiger partial charge in [-0.1, -0.05) is 60.7 Å². The number of nitriles is 1. The molecule has 0 bridgehead atoms. The van der Waals surface area contributed by atoms with Gasteiger partial charge in [0.15, 0.2) is 0 Å². The number of likely N-dealkylation sites (tertiary alicyclic amines) is 1. The highest BCUT2D eigenvalue weighted by atomic mass is 16.2. The molecule has 6 rings (SSSR count). The summed E-state index contributed by atoms with van der Waals surface area (Å²) in [6.45, 7) is 7.52. The van der Waals surface area contributed by atoms with E-state index >= 15 is 0 Å². The quantitative estimate of drug-likeness (QED) is 0.392. The zero-order valence-corrected chi connectivity index (χ0v) is 22.6. The van der Waals surface area contributed by atoms with Crippen molar-refractivity contribution < 1.29 is 4.79 Å². The van der Waals surface area contributed by atoms with E-state index in [1.165, 1.54) is 10.1 Å². The number of carbonyl (C=O) groups excluding carboxylic acids is 1. The lowest BCUT2D eigenvalue weighted by Crippen LogP contribution is -2.47. The predicted molar refractivity (Wildman–Crippen MR) is 155 cm³/mol. The number of fused-ring (bicyclic) bond motifs is 1. The summed E-state index contributed by atoms with van der Waals surface area (Å²) in [5.41, 5.74) is 3.39. The summed E-state index contributed by atoms with van der Waals surface area (Å²) >= 11 is 0. The summed E-state index contributed by atoms with van der Waals surface area (Å²) in [4.78, 5) is 37.1. The Kier molecular flexibility index (Phi) is 7.49. The Bertz CT molecular complexity index is 1560. The van der Waals surface area contributed by atoms with Crippen LogP contribution in [0.5, 0.6) is 0 Å². The monoisotopic (exact) mass is 534 g/mol. The molecule has 0 radical (unpaired) electrons. The summed E-state index contributed by atoms with van der Waals surface area (Å²) in [5, 5.41) is 9.45. The topological polar surface area (TPSA) is 88.4 Å². The van der Waals surface area contributed by atoms with Crippen molar-refractivity contribution in [2.45, 2.75) is 19.0 Å². The van der Waals surface area contributed by atoms with E-state index in [4.69, 9.17) is 0 Å². The van der Waals surface area contributed by atoms with Crippen molar-refractivity contribution in [3.05, 3.63) is 106 Å². The number of nitrogens with one attached hydrogen (secondary N) is 1. The van der Waals surface area contributed by atoms with E-state index < -0.39 is 6.04 Å². The lowest BCUT2D eigenvalue weighted by molar-refractivity contribution is -0.132. The molecule has 2 unspecified atom stereocenters. The van der Waals surface area contributed by atoms with Gasteiger partial charge in [0.1, 0.15) is 6.04 Å². The van der Waals surface area contributed by atoms with E-state index in [-0.39, 0.29) is 11.6 Å².